The number of likely N-dealkylation sites (tertiary alicyclic amines) is 1. The molecule has 1 aliphatic heterocycles. The Morgan fingerprint density at radius 3 is 2.59 bits per heavy atom. The number of aromatic nitrogens is 2. The van der Waals surface area contributed by atoms with E-state index in [-0.39, 0.29) is 11.8 Å². The van der Waals surface area contributed by atoms with Gasteiger partial charge in [-0.1, -0.05) is 6.42 Å². The normalized spacial score (nSPS) is 20.4. The number of hydrogen-bond acceptors (Lipinski definition) is 4. The molecule has 0 unspecified atom stereocenters. The Hall–Kier alpha value is -1.56. The monoisotopic (exact) mass is 307 g/mol. The molecule has 1 aliphatic carbocycles. The van der Waals surface area contributed by atoms with Crippen molar-refractivity contribution in [1.29, 1.82) is 0 Å². The molecule has 1 saturated carbocycles. The van der Waals surface area contributed by atoms with E-state index in [0.29, 0.717) is 12.3 Å². The Balaban J connectivity index is 1.66. The third-order valence-electron chi connectivity index (χ3n) is 4.68. The Labute approximate surface area is 131 Å². The second kappa shape index (κ2) is 7.13. The van der Waals surface area contributed by atoms with Crippen LogP contribution < -0.4 is 4.74 Å². The first-order valence-electron chi connectivity index (χ1n) is 8.42. The van der Waals surface area contributed by atoms with E-state index in [1.165, 1.54) is 19.3 Å². The van der Waals surface area contributed by atoms with Crippen LogP contribution in [-0.2, 0) is 6.54 Å². The number of aromatic carboxylic acids is 1. The Bertz CT molecular complexity index is 503. The number of ether oxygens (including phenoxy) is 1. The highest BCUT2D eigenvalue weighted by molar-refractivity contribution is 5.88. The van der Waals surface area contributed by atoms with Crippen molar-refractivity contribution in [2.45, 2.75) is 57.6 Å². The summed E-state index contributed by atoms with van der Waals surface area (Å²) in [6.45, 7) is 3.67. The van der Waals surface area contributed by atoms with E-state index in [9.17, 15) is 9.90 Å². The molecule has 0 amide bonds. The summed E-state index contributed by atoms with van der Waals surface area (Å²) in [4.78, 5) is 13.9. The van der Waals surface area contributed by atoms with Crippen molar-refractivity contribution in [1.82, 2.24) is 14.7 Å². The van der Waals surface area contributed by atoms with Gasteiger partial charge in [-0.2, -0.15) is 5.10 Å². The van der Waals surface area contributed by atoms with Crippen LogP contribution in [0.2, 0.25) is 0 Å². The number of nitrogens with zero attached hydrogens (tertiary/aromatic N) is 3. The third kappa shape index (κ3) is 3.61. The smallest absolute Gasteiger partial charge is 0.358 e. The molecule has 1 aromatic rings. The summed E-state index contributed by atoms with van der Waals surface area (Å²) in [6, 6.07) is 0. The molecule has 0 atom stereocenters. The molecule has 0 radical (unpaired) electrons. The lowest BCUT2D eigenvalue weighted by Gasteiger charge is -2.22. The number of rotatable bonds is 6. The van der Waals surface area contributed by atoms with Crippen molar-refractivity contribution >= 4 is 5.97 Å². The van der Waals surface area contributed by atoms with Crippen LogP contribution in [0.4, 0.5) is 0 Å². The minimum Gasteiger partial charge on any atom is -0.486 e. The highest BCUT2D eigenvalue weighted by Gasteiger charge is 2.23. The van der Waals surface area contributed by atoms with Crippen LogP contribution in [0.5, 0.6) is 5.75 Å². The van der Waals surface area contributed by atoms with E-state index in [0.717, 1.165) is 45.3 Å². The standard InChI is InChI=1S/C16H25N3O3/c20-16(21)15-14(22-13-6-2-1-3-7-13)12-17-19(15)11-10-18-8-4-5-9-18/h12-13H,1-11H2,(H,20,21). The molecule has 6 nitrogen and oxygen atoms in total. The molecule has 1 N–H and O–H groups in total. The highest BCUT2D eigenvalue weighted by atomic mass is 16.5. The summed E-state index contributed by atoms with van der Waals surface area (Å²) in [5.74, 6) is -0.523. The molecule has 3 rings (SSSR count). The van der Waals surface area contributed by atoms with Crippen LogP contribution in [0, 0.1) is 0 Å². The summed E-state index contributed by atoms with van der Waals surface area (Å²) in [5, 5.41) is 13.8. The average molecular weight is 307 g/mol. The topological polar surface area (TPSA) is 67.6 Å². The molecule has 1 aromatic heterocycles. The van der Waals surface area contributed by atoms with Crippen molar-refractivity contribution in [3.63, 3.8) is 0 Å². The van der Waals surface area contributed by atoms with Crippen molar-refractivity contribution in [3.05, 3.63) is 11.9 Å². The van der Waals surface area contributed by atoms with Gasteiger partial charge in [0.15, 0.2) is 11.4 Å². The van der Waals surface area contributed by atoms with Gasteiger partial charge in [0.2, 0.25) is 0 Å². The van der Waals surface area contributed by atoms with E-state index < -0.39 is 5.97 Å². The first kappa shape index (κ1) is 15.3. The summed E-state index contributed by atoms with van der Waals surface area (Å²) in [5.41, 5.74) is 0.199. The van der Waals surface area contributed by atoms with Crippen molar-refractivity contribution < 1.29 is 14.6 Å². The molecular formula is C16H25N3O3. The van der Waals surface area contributed by atoms with Crippen LogP contribution in [0.3, 0.4) is 0 Å². The zero-order valence-electron chi connectivity index (χ0n) is 13.0. The minimum absolute atomic E-state index is 0.142. The maximum absolute atomic E-state index is 11.6. The minimum atomic E-state index is -0.954. The Kier molecular flexibility index (Phi) is 4.97. The third-order valence-corrected chi connectivity index (χ3v) is 4.68. The molecular weight excluding hydrogens is 282 g/mol. The van der Waals surface area contributed by atoms with Gasteiger partial charge in [0.1, 0.15) is 0 Å². The van der Waals surface area contributed by atoms with Gasteiger partial charge in [0.05, 0.1) is 18.8 Å². The van der Waals surface area contributed by atoms with Gasteiger partial charge in [-0.15, -0.1) is 0 Å². The predicted molar refractivity (Wildman–Crippen MR) is 82.4 cm³/mol. The molecule has 0 spiro atoms. The summed E-state index contributed by atoms with van der Waals surface area (Å²) >= 11 is 0. The van der Waals surface area contributed by atoms with E-state index in [1.54, 1.807) is 10.9 Å². The molecule has 2 aliphatic rings. The lowest BCUT2D eigenvalue weighted by atomic mass is 9.98. The second-order valence-electron chi connectivity index (χ2n) is 6.31. The zero-order chi connectivity index (χ0) is 15.4. The summed E-state index contributed by atoms with van der Waals surface area (Å²) in [6.07, 6.45) is 9.79. The largest absolute Gasteiger partial charge is 0.486 e. The maximum atomic E-state index is 11.6. The Morgan fingerprint density at radius 1 is 1.18 bits per heavy atom. The van der Waals surface area contributed by atoms with Gasteiger partial charge >= 0.3 is 5.97 Å². The molecule has 0 bridgehead atoms. The van der Waals surface area contributed by atoms with E-state index in [2.05, 4.69) is 10.00 Å². The molecule has 6 heteroatoms. The fraction of sp³-hybridized carbons (Fsp3) is 0.750. The molecule has 22 heavy (non-hydrogen) atoms. The summed E-state index contributed by atoms with van der Waals surface area (Å²) in [7, 11) is 0. The molecule has 1 saturated heterocycles. The predicted octanol–water partition coefficient (Wildman–Crippen LogP) is 2.39. The van der Waals surface area contributed by atoms with E-state index >= 15 is 0 Å². The van der Waals surface area contributed by atoms with E-state index in [1.807, 2.05) is 0 Å². The molecule has 2 heterocycles. The van der Waals surface area contributed by atoms with Gasteiger partial charge in [-0.25, -0.2) is 4.79 Å². The SMILES string of the molecule is O=C(O)c1c(OC2CCCCC2)cnn1CCN1CCCC1. The van der Waals surface area contributed by atoms with Gasteiger partial charge in [-0.05, 0) is 51.6 Å². The van der Waals surface area contributed by atoms with Gasteiger partial charge in [0, 0.05) is 6.54 Å². The van der Waals surface area contributed by atoms with Crippen LogP contribution in [0.25, 0.3) is 0 Å². The lowest BCUT2D eigenvalue weighted by molar-refractivity contribution is 0.0671. The number of carboxylic acids is 1. The first-order valence-corrected chi connectivity index (χ1v) is 8.42. The van der Waals surface area contributed by atoms with Crippen LogP contribution >= 0.6 is 0 Å². The van der Waals surface area contributed by atoms with Gasteiger partial charge < -0.3 is 14.7 Å². The quantitative estimate of drug-likeness (QED) is 0.874. The lowest BCUT2D eigenvalue weighted by Crippen LogP contribution is -2.26. The number of hydrogen-bond donors (Lipinski definition) is 1. The highest BCUT2D eigenvalue weighted by Crippen LogP contribution is 2.26. The Morgan fingerprint density at radius 2 is 1.91 bits per heavy atom. The number of carboxylic acid groups (broad SMARTS) is 1. The maximum Gasteiger partial charge on any atom is 0.358 e. The molecule has 122 valence electrons. The number of carbonyl (C=O) groups is 1. The molecule has 0 aromatic carbocycles. The first-order chi connectivity index (χ1) is 10.7. The fourth-order valence-corrected chi connectivity index (χ4v) is 3.44. The van der Waals surface area contributed by atoms with Gasteiger partial charge in [-0.3, -0.25) is 4.68 Å². The van der Waals surface area contributed by atoms with Gasteiger partial charge in [0.25, 0.3) is 0 Å². The van der Waals surface area contributed by atoms with Crippen molar-refractivity contribution in [3.8, 4) is 5.75 Å². The fourth-order valence-electron chi connectivity index (χ4n) is 3.44. The molecule has 2 fully saturated rings. The zero-order valence-corrected chi connectivity index (χ0v) is 13.0. The van der Waals surface area contributed by atoms with Crippen LogP contribution in [-0.4, -0.2) is 51.5 Å². The summed E-state index contributed by atoms with van der Waals surface area (Å²) < 4.78 is 7.50. The van der Waals surface area contributed by atoms with E-state index in [4.69, 9.17) is 4.74 Å². The average Bonchev–Trinajstić information content (AvgIpc) is 3.15. The van der Waals surface area contributed by atoms with Crippen LogP contribution in [0.1, 0.15) is 55.4 Å². The van der Waals surface area contributed by atoms with Crippen LogP contribution in [0.15, 0.2) is 6.20 Å². The second-order valence-corrected chi connectivity index (χ2v) is 6.31. The van der Waals surface area contributed by atoms with Crippen molar-refractivity contribution in [2.24, 2.45) is 0 Å². The van der Waals surface area contributed by atoms with Crippen molar-refractivity contribution in [2.75, 3.05) is 19.6 Å².